The lowest BCUT2D eigenvalue weighted by Gasteiger charge is -2.11. The lowest BCUT2D eigenvalue weighted by Crippen LogP contribution is -2.00. The maximum Gasteiger partial charge on any atom is 0.131 e. The average molecular weight is 260 g/mol. The summed E-state index contributed by atoms with van der Waals surface area (Å²) in [5, 5.41) is 0. The van der Waals surface area contributed by atoms with Crippen molar-refractivity contribution in [2.24, 2.45) is 0 Å². The van der Waals surface area contributed by atoms with Crippen LogP contribution in [0.1, 0.15) is 19.5 Å². The molecule has 19 heavy (non-hydrogen) atoms. The van der Waals surface area contributed by atoms with E-state index in [1.54, 1.807) is 12.3 Å². The smallest absolute Gasteiger partial charge is 0.131 e. The van der Waals surface area contributed by atoms with Gasteiger partial charge in [-0.25, -0.2) is 8.78 Å². The summed E-state index contributed by atoms with van der Waals surface area (Å²) in [5.74, 6) is -1.01. The first-order chi connectivity index (χ1) is 9.04. The molecule has 0 radical (unpaired) electrons. The van der Waals surface area contributed by atoms with Crippen LogP contribution >= 0.6 is 0 Å². The standard InChI is InChI=1S/C15H14F2N2/c1-3-9(2)15-14(18)11(6-7-19-15)12-8-10(16)4-5-13(12)17/h3-8H,18H2,1-2H3/b9-3+. The Balaban J connectivity index is 2.67. The Hall–Kier alpha value is -2.23. The van der Waals surface area contributed by atoms with E-state index < -0.39 is 11.6 Å². The van der Waals surface area contributed by atoms with Gasteiger partial charge in [-0.1, -0.05) is 6.08 Å². The average Bonchev–Trinajstić information content (AvgIpc) is 2.41. The summed E-state index contributed by atoms with van der Waals surface area (Å²) in [6.45, 7) is 3.73. The molecule has 0 fully saturated rings. The molecule has 1 aromatic heterocycles. The molecule has 1 heterocycles. The van der Waals surface area contributed by atoms with Crippen LogP contribution in [0.25, 0.3) is 16.7 Å². The maximum absolute atomic E-state index is 13.8. The Labute approximate surface area is 110 Å². The zero-order valence-corrected chi connectivity index (χ0v) is 10.7. The Bertz CT molecular complexity index is 649. The fourth-order valence-electron chi connectivity index (χ4n) is 1.86. The minimum absolute atomic E-state index is 0.144. The molecule has 0 amide bonds. The Morgan fingerprint density at radius 2 is 1.95 bits per heavy atom. The van der Waals surface area contributed by atoms with Crippen LogP contribution in [-0.4, -0.2) is 4.98 Å². The van der Waals surface area contributed by atoms with Crippen LogP contribution in [0, 0.1) is 11.6 Å². The number of nitrogens with zero attached hydrogens (tertiary/aromatic N) is 1. The van der Waals surface area contributed by atoms with Gasteiger partial charge in [-0.15, -0.1) is 0 Å². The molecule has 2 N–H and O–H groups in total. The molecule has 0 aliphatic carbocycles. The Morgan fingerprint density at radius 1 is 1.21 bits per heavy atom. The van der Waals surface area contributed by atoms with E-state index in [1.807, 2.05) is 19.9 Å². The lowest BCUT2D eigenvalue weighted by atomic mass is 10.0. The summed E-state index contributed by atoms with van der Waals surface area (Å²) in [5.41, 5.74) is 8.43. The fourth-order valence-corrected chi connectivity index (χ4v) is 1.86. The van der Waals surface area contributed by atoms with Gasteiger partial charge in [0, 0.05) is 17.3 Å². The predicted molar refractivity (Wildman–Crippen MR) is 73.3 cm³/mol. The lowest BCUT2D eigenvalue weighted by molar-refractivity contribution is 0.603. The first-order valence-electron chi connectivity index (χ1n) is 5.87. The van der Waals surface area contributed by atoms with Gasteiger partial charge < -0.3 is 5.73 Å². The zero-order chi connectivity index (χ0) is 14.0. The van der Waals surface area contributed by atoms with Gasteiger partial charge in [0.15, 0.2) is 0 Å². The highest BCUT2D eigenvalue weighted by atomic mass is 19.1. The van der Waals surface area contributed by atoms with Crippen molar-refractivity contribution in [3.05, 3.63) is 53.9 Å². The number of rotatable bonds is 2. The van der Waals surface area contributed by atoms with Crippen LogP contribution in [-0.2, 0) is 0 Å². The van der Waals surface area contributed by atoms with Crippen LogP contribution in [0.15, 0.2) is 36.5 Å². The van der Waals surface area contributed by atoms with E-state index in [-0.39, 0.29) is 5.56 Å². The second-order valence-corrected chi connectivity index (χ2v) is 4.22. The first kappa shape index (κ1) is 13.2. The van der Waals surface area contributed by atoms with Gasteiger partial charge >= 0.3 is 0 Å². The summed E-state index contributed by atoms with van der Waals surface area (Å²) >= 11 is 0. The molecule has 0 spiro atoms. The third-order valence-electron chi connectivity index (χ3n) is 3.02. The third kappa shape index (κ3) is 2.47. The summed E-state index contributed by atoms with van der Waals surface area (Å²) in [7, 11) is 0. The van der Waals surface area contributed by atoms with Crippen LogP contribution in [0.5, 0.6) is 0 Å². The van der Waals surface area contributed by atoms with E-state index in [2.05, 4.69) is 4.98 Å². The third-order valence-corrected chi connectivity index (χ3v) is 3.02. The number of pyridine rings is 1. The van der Waals surface area contributed by atoms with Gasteiger partial charge in [0.1, 0.15) is 11.6 Å². The number of benzene rings is 1. The van der Waals surface area contributed by atoms with E-state index in [4.69, 9.17) is 5.73 Å². The summed E-state index contributed by atoms with van der Waals surface area (Å²) in [4.78, 5) is 4.18. The van der Waals surface area contributed by atoms with E-state index in [0.717, 1.165) is 23.8 Å². The van der Waals surface area contributed by atoms with Crippen molar-refractivity contribution in [1.82, 2.24) is 4.98 Å². The molecule has 0 aliphatic rings. The van der Waals surface area contributed by atoms with E-state index in [9.17, 15) is 8.78 Å². The van der Waals surface area contributed by atoms with E-state index in [1.165, 1.54) is 0 Å². The number of nitrogens with two attached hydrogens (primary N) is 1. The van der Waals surface area contributed by atoms with E-state index in [0.29, 0.717) is 16.9 Å². The van der Waals surface area contributed by atoms with Crippen molar-refractivity contribution in [3.8, 4) is 11.1 Å². The number of hydrogen-bond acceptors (Lipinski definition) is 2. The van der Waals surface area contributed by atoms with E-state index >= 15 is 0 Å². The van der Waals surface area contributed by atoms with Crippen molar-refractivity contribution in [2.75, 3.05) is 5.73 Å². The van der Waals surface area contributed by atoms with Crippen molar-refractivity contribution >= 4 is 11.3 Å². The second kappa shape index (κ2) is 5.18. The van der Waals surface area contributed by atoms with Gasteiger partial charge in [0.05, 0.1) is 11.4 Å². The molecule has 0 saturated carbocycles. The number of hydrogen-bond donors (Lipinski definition) is 1. The number of anilines is 1. The molecule has 2 aromatic rings. The van der Waals surface area contributed by atoms with Crippen LogP contribution in [0.2, 0.25) is 0 Å². The van der Waals surface area contributed by atoms with Gasteiger partial charge in [-0.3, -0.25) is 4.98 Å². The fraction of sp³-hybridized carbons (Fsp3) is 0.133. The van der Waals surface area contributed by atoms with Gasteiger partial charge in [0.2, 0.25) is 0 Å². The van der Waals surface area contributed by atoms with Crippen LogP contribution in [0.3, 0.4) is 0 Å². The SMILES string of the molecule is C/C=C(\C)c1nccc(-c2cc(F)ccc2F)c1N. The van der Waals surface area contributed by atoms with Crippen LogP contribution < -0.4 is 5.73 Å². The van der Waals surface area contributed by atoms with Gasteiger partial charge in [-0.05, 0) is 43.7 Å². The molecule has 0 bridgehead atoms. The zero-order valence-electron chi connectivity index (χ0n) is 10.7. The monoisotopic (exact) mass is 260 g/mol. The predicted octanol–water partition coefficient (Wildman–Crippen LogP) is 4.03. The molecule has 2 nitrogen and oxygen atoms in total. The number of allylic oxidation sites excluding steroid dienone is 2. The second-order valence-electron chi connectivity index (χ2n) is 4.22. The number of aromatic nitrogens is 1. The first-order valence-corrected chi connectivity index (χ1v) is 5.87. The topological polar surface area (TPSA) is 38.9 Å². The molecule has 0 atom stereocenters. The van der Waals surface area contributed by atoms with Crippen LogP contribution in [0.4, 0.5) is 14.5 Å². The molecule has 98 valence electrons. The Morgan fingerprint density at radius 3 is 2.63 bits per heavy atom. The van der Waals surface area contributed by atoms with Crippen molar-refractivity contribution in [3.63, 3.8) is 0 Å². The molecule has 0 saturated heterocycles. The molecular formula is C15H14F2N2. The highest BCUT2D eigenvalue weighted by Crippen LogP contribution is 2.32. The summed E-state index contributed by atoms with van der Waals surface area (Å²) in [6.07, 6.45) is 3.41. The largest absolute Gasteiger partial charge is 0.396 e. The normalized spacial score (nSPS) is 11.7. The summed E-state index contributed by atoms with van der Waals surface area (Å²) < 4.78 is 27.0. The highest BCUT2D eigenvalue weighted by Gasteiger charge is 2.13. The highest BCUT2D eigenvalue weighted by molar-refractivity contribution is 5.84. The van der Waals surface area contributed by atoms with Crippen molar-refractivity contribution < 1.29 is 8.78 Å². The van der Waals surface area contributed by atoms with Gasteiger partial charge in [-0.2, -0.15) is 0 Å². The number of halogens is 2. The number of nitrogen functional groups attached to an aromatic ring is 1. The molecule has 4 heteroatoms. The minimum atomic E-state index is -0.511. The van der Waals surface area contributed by atoms with Gasteiger partial charge in [0.25, 0.3) is 0 Å². The van der Waals surface area contributed by atoms with Crippen molar-refractivity contribution in [1.29, 1.82) is 0 Å². The molecule has 0 aliphatic heterocycles. The summed E-state index contributed by atoms with van der Waals surface area (Å²) in [6, 6.07) is 4.89. The Kier molecular flexibility index (Phi) is 3.60. The molecule has 0 unspecified atom stereocenters. The van der Waals surface area contributed by atoms with Crippen molar-refractivity contribution in [2.45, 2.75) is 13.8 Å². The maximum atomic E-state index is 13.8. The minimum Gasteiger partial charge on any atom is -0.396 e. The molecular weight excluding hydrogens is 246 g/mol. The quantitative estimate of drug-likeness (QED) is 0.885. The molecule has 2 rings (SSSR count). The molecule has 1 aromatic carbocycles.